The predicted octanol–water partition coefficient (Wildman–Crippen LogP) is 2.85. The van der Waals surface area contributed by atoms with Crippen molar-refractivity contribution in [3.8, 4) is 0 Å². The summed E-state index contributed by atoms with van der Waals surface area (Å²) in [6.07, 6.45) is -4.40. The average molecular weight is 331 g/mol. The van der Waals surface area contributed by atoms with Crippen LogP contribution in [0.5, 0.6) is 0 Å². The third kappa shape index (κ3) is 4.63. The van der Waals surface area contributed by atoms with Gasteiger partial charge in [0.05, 0.1) is 5.01 Å². The molecule has 0 aliphatic carbocycles. The van der Waals surface area contributed by atoms with Gasteiger partial charge in [-0.2, -0.15) is 13.2 Å². The lowest BCUT2D eigenvalue weighted by Crippen LogP contribution is -2.40. The fourth-order valence-corrected chi connectivity index (χ4v) is 2.21. The maximum Gasteiger partial charge on any atom is 0.406 e. The van der Waals surface area contributed by atoms with Crippen LogP contribution in [0.3, 0.4) is 0 Å². The highest BCUT2D eigenvalue weighted by Gasteiger charge is 2.33. The van der Waals surface area contributed by atoms with Gasteiger partial charge in [0.15, 0.2) is 0 Å². The second-order valence-corrected chi connectivity index (χ2v) is 5.14. The van der Waals surface area contributed by atoms with E-state index in [0.29, 0.717) is 5.01 Å². The van der Waals surface area contributed by atoms with Gasteiger partial charge >= 0.3 is 6.18 Å². The third-order valence-corrected chi connectivity index (χ3v) is 2.98. The monoisotopic (exact) mass is 330 g/mol. The van der Waals surface area contributed by atoms with Crippen molar-refractivity contribution >= 4 is 33.2 Å². The molecule has 3 nitrogen and oxygen atoms in total. The van der Waals surface area contributed by atoms with E-state index in [9.17, 15) is 18.0 Å². The number of carbonyl (C=O) groups is 1. The van der Waals surface area contributed by atoms with Crippen LogP contribution in [0, 0.1) is 6.92 Å². The average Bonchev–Trinajstić information content (AvgIpc) is 2.61. The minimum atomic E-state index is -4.40. The molecule has 17 heavy (non-hydrogen) atoms. The quantitative estimate of drug-likeness (QED) is 0.795. The van der Waals surface area contributed by atoms with Crippen molar-refractivity contribution in [2.45, 2.75) is 13.1 Å². The lowest BCUT2D eigenvalue weighted by molar-refractivity contribution is -0.140. The highest BCUT2D eigenvalue weighted by Crippen LogP contribution is 2.19. The zero-order valence-corrected chi connectivity index (χ0v) is 11.3. The third-order valence-electron chi connectivity index (χ3n) is 1.85. The van der Waals surface area contributed by atoms with E-state index >= 15 is 0 Å². The molecule has 0 atom stereocenters. The summed E-state index contributed by atoms with van der Waals surface area (Å²) in [4.78, 5) is 16.4. The number of alkyl halides is 4. The molecule has 0 saturated carbocycles. The molecule has 0 unspecified atom stereocenters. The molecule has 0 spiro atoms. The van der Waals surface area contributed by atoms with E-state index < -0.39 is 18.6 Å². The molecule has 96 valence electrons. The van der Waals surface area contributed by atoms with Gasteiger partial charge in [-0.3, -0.25) is 4.79 Å². The molecule has 0 bridgehead atoms. The molecule has 0 radical (unpaired) electrons. The van der Waals surface area contributed by atoms with Gasteiger partial charge in [0.25, 0.3) is 5.91 Å². The smallest absolute Gasteiger partial charge is 0.327 e. The lowest BCUT2D eigenvalue weighted by Gasteiger charge is -2.22. The molecule has 0 aliphatic rings. The summed E-state index contributed by atoms with van der Waals surface area (Å²) in [6, 6.07) is 0. The molecule has 1 rings (SSSR count). The van der Waals surface area contributed by atoms with E-state index in [1.54, 1.807) is 6.92 Å². The zero-order valence-electron chi connectivity index (χ0n) is 8.92. The normalized spacial score (nSPS) is 11.6. The molecule has 0 aromatic carbocycles. The number of nitrogens with zero attached hydrogens (tertiary/aromatic N) is 2. The summed E-state index contributed by atoms with van der Waals surface area (Å²) in [6.45, 7) is 0.433. The van der Waals surface area contributed by atoms with E-state index in [-0.39, 0.29) is 17.6 Å². The van der Waals surface area contributed by atoms with E-state index in [1.165, 1.54) is 16.7 Å². The van der Waals surface area contributed by atoms with Gasteiger partial charge in [-0.25, -0.2) is 4.98 Å². The van der Waals surface area contributed by atoms with Gasteiger partial charge in [0.1, 0.15) is 12.2 Å². The molecule has 0 saturated heterocycles. The van der Waals surface area contributed by atoms with Crippen LogP contribution in [0.4, 0.5) is 13.2 Å². The van der Waals surface area contributed by atoms with E-state index in [1.807, 2.05) is 0 Å². The van der Waals surface area contributed by atoms with Gasteiger partial charge in [-0.15, -0.1) is 11.3 Å². The number of aryl methyl sites for hydroxylation is 1. The maximum absolute atomic E-state index is 12.3. The summed E-state index contributed by atoms with van der Waals surface area (Å²) in [5, 5.41) is 2.41. The summed E-state index contributed by atoms with van der Waals surface area (Å²) >= 11 is 4.26. The van der Waals surface area contributed by atoms with Crippen molar-refractivity contribution in [3.05, 3.63) is 16.1 Å². The number of aromatic nitrogens is 1. The maximum atomic E-state index is 12.3. The minimum Gasteiger partial charge on any atom is -0.327 e. The molecule has 0 fully saturated rings. The molecular formula is C9H10BrF3N2OS. The van der Waals surface area contributed by atoms with Crippen molar-refractivity contribution in [2.75, 3.05) is 18.4 Å². The summed E-state index contributed by atoms with van der Waals surface area (Å²) in [5.74, 6) is -0.689. The summed E-state index contributed by atoms with van der Waals surface area (Å²) in [7, 11) is 0. The molecule has 0 N–H and O–H groups in total. The first-order valence-corrected chi connectivity index (χ1v) is 6.67. The SMILES string of the molecule is Cc1nc(C(=O)N(CCBr)CC(F)(F)F)cs1. The number of carbonyl (C=O) groups excluding carboxylic acids is 1. The van der Waals surface area contributed by atoms with Crippen LogP contribution >= 0.6 is 27.3 Å². The number of halogens is 4. The van der Waals surface area contributed by atoms with Crippen LogP contribution in [0.25, 0.3) is 0 Å². The minimum absolute atomic E-state index is 0.00504. The largest absolute Gasteiger partial charge is 0.406 e. The topological polar surface area (TPSA) is 33.2 Å². The molecule has 8 heteroatoms. The van der Waals surface area contributed by atoms with Crippen LogP contribution in [0.15, 0.2) is 5.38 Å². The van der Waals surface area contributed by atoms with Crippen molar-refractivity contribution in [3.63, 3.8) is 0 Å². The molecule has 1 aromatic heterocycles. The number of thiazole rings is 1. The first kappa shape index (κ1) is 14.4. The second-order valence-electron chi connectivity index (χ2n) is 3.28. The Kier molecular flexibility index (Phi) is 4.93. The molecular weight excluding hydrogens is 321 g/mol. The Hall–Kier alpha value is -0.630. The van der Waals surface area contributed by atoms with Gasteiger partial charge in [-0.1, -0.05) is 15.9 Å². The van der Waals surface area contributed by atoms with Crippen molar-refractivity contribution < 1.29 is 18.0 Å². The standard InChI is InChI=1S/C9H10BrF3N2OS/c1-6-14-7(4-17-6)8(16)15(3-2-10)5-9(11,12)13/h4H,2-3,5H2,1H3. The van der Waals surface area contributed by atoms with Crippen molar-refractivity contribution in [1.82, 2.24) is 9.88 Å². The Labute approximate surface area is 109 Å². The second kappa shape index (κ2) is 5.81. The van der Waals surface area contributed by atoms with E-state index in [0.717, 1.165) is 4.90 Å². The molecule has 1 heterocycles. The fraction of sp³-hybridized carbons (Fsp3) is 0.556. The zero-order chi connectivity index (χ0) is 13.1. The van der Waals surface area contributed by atoms with Crippen LogP contribution in [-0.2, 0) is 0 Å². The Balaban J connectivity index is 2.80. The van der Waals surface area contributed by atoms with Crippen molar-refractivity contribution in [1.29, 1.82) is 0 Å². The van der Waals surface area contributed by atoms with Crippen molar-refractivity contribution in [2.24, 2.45) is 0 Å². The number of hydrogen-bond donors (Lipinski definition) is 0. The summed E-state index contributed by atoms with van der Waals surface area (Å²) < 4.78 is 36.9. The van der Waals surface area contributed by atoms with Gasteiger partial charge in [0.2, 0.25) is 0 Å². The Bertz CT molecular complexity index is 394. The van der Waals surface area contributed by atoms with Gasteiger partial charge < -0.3 is 4.90 Å². The van der Waals surface area contributed by atoms with Crippen LogP contribution in [-0.4, -0.2) is 40.4 Å². The first-order valence-electron chi connectivity index (χ1n) is 4.67. The van der Waals surface area contributed by atoms with Crippen LogP contribution in [0.1, 0.15) is 15.5 Å². The molecule has 1 aromatic rings. The number of rotatable bonds is 4. The van der Waals surface area contributed by atoms with Gasteiger partial charge in [-0.05, 0) is 6.92 Å². The fourth-order valence-electron chi connectivity index (χ4n) is 1.19. The number of amides is 1. The molecule has 0 aliphatic heterocycles. The lowest BCUT2D eigenvalue weighted by atomic mass is 10.3. The highest BCUT2D eigenvalue weighted by atomic mass is 79.9. The van der Waals surface area contributed by atoms with Crippen LogP contribution in [0.2, 0.25) is 0 Å². The predicted molar refractivity (Wildman–Crippen MR) is 62.6 cm³/mol. The van der Waals surface area contributed by atoms with Crippen LogP contribution < -0.4 is 0 Å². The number of hydrogen-bond acceptors (Lipinski definition) is 3. The van der Waals surface area contributed by atoms with Gasteiger partial charge in [0, 0.05) is 17.3 Å². The highest BCUT2D eigenvalue weighted by molar-refractivity contribution is 9.09. The Morgan fingerprint density at radius 2 is 2.24 bits per heavy atom. The van der Waals surface area contributed by atoms with E-state index in [2.05, 4.69) is 20.9 Å². The first-order chi connectivity index (χ1) is 7.83. The van der Waals surface area contributed by atoms with E-state index in [4.69, 9.17) is 0 Å². The Morgan fingerprint density at radius 1 is 1.59 bits per heavy atom. The Morgan fingerprint density at radius 3 is 2.65 bits per heavy atom. The molecule has 1 amide bonds. The summed E-state index contributed by atoms with van der Waals surface area (Å²) in [5.41, 5.74) is 0.0673.